The summed E-state index contributed by atoms with van der Waals surface area (Å²) in [4.78, 5) is 22.3. The maximum Gasteiger partial charge on any atom is 0.432 e. The summed E-state index contributed by atoms with van der Waals surface area (Å²) in [6.45, 7) is 2.34. The van der Waals surface area contributed by atoms with Gasteiger partial charge >= 0.3 is 12.1 Å². The van der Waals surface area contributed by atoms with E-state index in [1.165, 1.54) is 19.3 Å². The van der Waals surface area contributed by atoms with Crippen molar-refractivity contribution in [1.29, 1.82) is 0 Å². The van der Waals surface area contributed by atoms with E-state index in [1.807, 2.05) is 6.92 Å². The van der Waals surface area contributed by atoms with Crippen molar-refractivity contribution in [2.75, 3.05) is 13.7 Å². The Balaban J connectivity index is 2.56. The van der Waals surface area contributed by atoms with Gasteiger partial charge in [-0.1, -0.05) is 0 Å². The molecule has 1 N–H and O–H groups in total. The zero-order valence-corrected chi connectivity index (χ0v) is 11.6. The zero-order valence-electron chi connectivity index (χ0n) is 11.6. The molecular weight excluding hydrogens is 276 g/mol. The molecule has 1 aromatic carbocycles. The Morgan fingerprint density at radius 1 is 1.43 bits per heavy atom. The van der Waals surface area contributed by atoms with Gasteiger partial charge in [0, 0.05) is 11.5 Å². The summed E-state index contributed by atoms with van der Waals surface area (Å²) < 4.78 is 10.7. The van der Waals surface area contributed by atoms with Gasteiger partial charge in [0.2, 0.25) is 0 Å². The van der Waals surface area contributed by atoms with Gasteiger partial charge in [-0.15, -0.1) is 0 Å². The number of benzene rings is 1. The third-order valence-corrected chi connectivity index (χ3v) is 2.75. The molecule has 0 aliphatic rings. The number of nitrogens with zero attached hydrogens (tertiary/aromatic N) is 2. The fourth-order valence-electron chi connectivity index (χ4n) is 1.86. The third kappa shape index (κ3) is 3.02. The second kappa shape index (κ2) is 6.08. The molecule has 1 heterocycles. The number of methoxy groups -OCH3 is 1. The summed E-state index contributed by atoms with van der Waals surface area (Å²) in [6.07, 6.45) is 1.38. The zero-order chi connectivity index (χ0) is 15.4. The molecule has 0 atom stereocenters. The molecule has 7 nitrogen and oxygen atoms in total. The second-order valence-electron chi connectivity index (χ2n) is 4.05. The molecule has 0 saturated carbocycles. The summed E-state index contributed by atoms with van der Waals surface area (Å²) >= 11 is 0. The van der Waals surface area contributed by atoms with Crippen molar-refractivity contribution in [3.8, 4) is 5.75 Å². The number of ether oxygens (including phenoxy) is 2. The van der Waals surface area contributed by atoms with Crippen LogP contribution < -0.4 is 4.74 Å². The van der Waals surface area contributed by atoms with E-state index >= 15 is 0 Å². The third-order valence-electron chi connectivity index (χ3n) is 2.75. The van der Waals surface area contributed by atoms with E-state index in [2.05, 4.69) is 9.84 Å². The molecule has 2 rings (SSSR count). The maximum absolute atomic E-state index is 11.2. The molecule has 0 aliphatic heterocycles. The van der Waals surface area contributed by atoms with Gasteiger partial charge in [0.15, 0.2) is 0 Å². The lowest BCUT2D eigenvalue weighted by molar-refractivity contribution is -0.134. The average Bonchev–Trinajstić information content (AvgIpc) is 2.83. The first kappa shape index (κ1) is 14.6. The van der Waals surface area contributed by atoms with Crippen molar-refractivity contribution in [2.24, 2.45) is 0 Å². The summed E-state index contributed by atoms with van der Waals surface area (Å²) in [5.74, 6) is 0.0524. The summed E-state index contributed by atoms with van der Waals surface area (Å²) in [5, 5.41) is 13.7. The Hall–Kier alpha value is -2.83. The van der Waals surface area contributed by atoms with Crippen LogP contribution in [0.2, 0.25) is 0 Å². The largest absolute Gasteiger partial charge is 0.494 e. The first-order valence-corrected chi connectivity index (χ1v) is 6.21. The smallest absolute Gasteiger partial charge is 0.432 e. The molecule has 0 bridgehead atoms. The molecule has 1 aromatic heterocycles. The lowest BCUT2D eigenvalue weighted by Crippen LogP contribution is -2.09. The van der Waals surface area contributed by atoms with E-state index in [0.29, 0.717) is 29.0 Å². The quantitative estimate of drug-likeness (QED) is 0.685. The normalized spacial score (nSPS) is 11.0. The van der Waals surface area contributed by atoms with Crippen molar-refractivity contribution >= 4 is 29.0 Å². The van der Waals surface area contributed by atoms with E-state index in [-0.39, 0.29) is 0 Å². The Bertz CT molecular complexity index is 717. The van der Waals surface area contributed by atoms with Crippen LogP contribution in [0.25, 0.3) is 17.0 Å². The highest BCUT2D eigenvalue weighted by molar-refractivity contribution is 5.96. The van der Waals surface area contributed by atoms with Crippen LogP contribution in [0, 0.1) is 0 Å². The van der Waals surface area contributed by atoms with Crippen molar-refractivity contribution in [1.82, 2.24) is 9.78 Å². The van der Waals surface area contributed by atoms with E-state index in [0.717, 1.165) is 4.68 Å². The first-order chi connectivity index (χ1) is 10.1. The van der Waals surface area contributed by atoms with Crippen LogP contribution in [0.5, 0.6) is 5.75 Å². The second-order valence-corrected chi connectivity index (χ2v) is 4.05. The highest BCUT2D eigenvalue weighted by Crippen LogP contribution is 2.25. The van der Waals surface area contributed by atoms with Gasteiger partial charge in [0.05, 0.1) is 24.9 Å². The topological polar surface area (TPSA) is 90.7 Å². The summed E-state index contributed by atoms with van der Waals surface area (Å²) in [7, 11) is 1.26. The monoisotopic (exact) mass is 290 g/mol. The first-order valence-electron chi connectivity index (χ1n) is 6.21. The van der Waals surface area contributed by atoms with Gasteiger partial charge in [-0.3, -0.25) is 0 Å². The highest BCUT2D eigenvalue weighted by atomic mass is 16.5. The molecule has 110 valence electrons. The van der Waals surface area contributed by atoms with E-state index in [1.54, 1.807) is 18.2 Å². The number of esters is 1. The molecule has 2 aromatic rings. The molecular formula is C14H14N2O5. The lowest BCUT2D eigenvalue weighted by atomic mass is 10.2. The van der Waals surface area contributed by atoms with Crippen LogP contribution in [0.1, 0.15) is 12.6 Å². The van der Waals surface area contributed by atoms with Crippen molar-refractivity contribution in [3.63, 3.8) is 0 Å². The predicted octanol–water partition coefficient (Wildman–Crippen LogP) is 2.15. The Labute approximate surface area is 120 Å². The molecule has 0 fully saturated rings. The summed E-state index contributed by atoms with van der Waals surface area (Å²) in [5.41, 5.74) is 0.759. The molecule has 0 spiro atoms. The van der Waals surface area contributed by atoms with Crippen LogP contribution in [-0.4, -0.2) is 40.7 Å². The van der Waals surface area contributed by atoms with Gasteiger partial charge < -0.3 is 14.6 Å². The number of aromatic nitrogens is 2. The van der Waals surface area contributed by atoms with Crippen LogP contribution in [0.3, 0.4) is 0 Å². The average molecular weight is 290 g/mol. The predicted molar refractivity (Wildman–Crippen MR) is 75.4 cm³/mol. The minimum absolute atomic E-state index is 0.347. The van der Waals surface area contributed by atoms with E-state index in [9.17, 15) is 9.59 Å². The van der Waals surface area contributed by atoms with Crippen molar-refractivity contribution in [3.05, 3.63) is 30.0 Å². The standard InChI is InChI=1S/C14H14N2O5/c1-3-21-9-4-6-12-10(8-9)11(5-7-13(17)20-2)15-16(12)14(18)19/h4-8H,3H2,1-2H3,(H,18,19)/b7-5+. The minimum Gasteiger partial charge on any atom is -0.494 e. The summed E-state index contributed by atoms with van der Waals surface area (Å²) in [6, 6.07) is 4.96. The number of hydrogen-bond donors (Lipinski definition) is 1. The number of fused-ring (bicyclic) bond motifs is 1. The Morgan fingerprint density at radius 3 is 2.81 bits per heavy atom. The SMILES string of the molecule is CCOc1ccc2c(c1)c(/C=C/C(=O)OC)nn2C(=O)O. The number of hydrogen-bond acceptors (Lipinski definition) is 5. The van der Waals surface area contributed by atoms with Gasteiger partial charge in [0.25, 0.3) is 0 Å². The van der Waals surface area contributed by atoms with Gasteiger partial charge in [0.1, 0.15) is 5.75 Å². The van der Waals surface area contributed by atoms with E-state index in [4.69, 9.17) is 9.84 Å². The number of rotatable bonds is 4. The van der Waals surface area contributed by atoms with Crippen LogP contribution in [0.4, 0.5) is 4.79 Å². The molecule has 0 amide bonds. The molecule has 21 heavy (non-hydrogen) atoms. The van der Waals surface area contributed by atoms with Crippen molar-refractivity contribution in [2.45, 2.75) is 6.92 Å². The fraction of sp³-hybridized carbons (Fsp3) is 0.214. The fourth-order valence-corrected chi connectivity index (χ4v) is 1.86. The lowest BCUT2D eigenvalue weighted by Gasteiger charge is -2.02. The molecule has 0 unspecified atom stereocenters. The van der Waals surface area contributed by atoms with Gasteiger partial charge in [-0.05, 0) is 31.2 Å². The highest BCUT2D eigenvalue weighted by Gasteiger charge is 2.14. The van der Waals surface area contributed by atoms with Gasteiger partial charge in [-0.2, -0.15) is 9.78 Å². The van der Waals surface area contributed by atoms with Crippen LogP contribution in [0.15, 0.2) is 24.3 Å². The van der Waals surface area contributed by atoms with Crippen LogP contribution >= 0.6 is 0 Å². The molecule has 7 heteroatoms. The van der Waals surface area contributed by atoms with Crippen LogP contribution in [-0.2, 0) is 9.53 Å². The molecule has 0 aliphatic carbocycles. The molecule has 0 saturated heterocycles. The minimum atomic E-state index is -1.21. The maximum atomic E-state index is 11.2. The Kier molecular flexibility index (Phi) is 4.22. The Morgan fingerprint density at radius 2 is 2.19 bits per heavy atom. The molecule has 0 radical (unpaired) electrons. The van der Waals surface area contributed by atoms with E-state index < -0.39 is 12.1 Å². The van der Waals surface area contributed by atoms with Crippen molar-refractivity contribution < 1.29 is 24.2 Å². The number of carboxylic acid groups (broad SMARTS) is 1. The number of carbonyl (C=O) groups excluding carboxylic acids is 1. The number of carbonyl (C=O) groups is 2. The van der Waals surface area contributed by atoms with Gasteiger partial charge in [-0.25, -0.2) is 9.59 Å².